The second-order valence-electron chi connectivity index (χ2n) is 4.41. The van der Waals surface area contributed by atoms with E-state index in [4.69, 9.17) is 5.73 Å². The molecule has 2 aromatic rings. The van der Waals surface area contributed by atoms with Gasteiger partial charge in [-0.15, -0.1) is 23.7 Å². The van der Waals surface area contributed by atoms with Crippen molar-refractivity contribution in [3.05, 3.63) is 50.4 Å². The Kier molecular flexibility index (Phi) is 7.31. The topological polar surface area (TPSA) is 68.0 Å². The van der Waals surface area contributed by atoms with E-state index in [0.717, 1.165) is 15.0 Å². The molecule has 1 unspecified atom stereocenters. The van der Waals surface area contributed by atoms with E-state index >= 15 is 0 Å². The van der Waals surface area contributed by atoms with Gasteiger partial charge in [-0.3, -0.25) is 4.79 Å². The van der Waals surface area contributed by atoms with Crippen LogP contribution in [0.1, 0.15) is 34.0 Å². The molecule has 1 heterocycles. The zero-order valence-corrected chi connectivity index (χ0v) is 14.7. The largest absolute Gasteiger partial charge is 0.344 e. The highest BCUT2D eigenvalue weighted by Crippen LogP contribution is 2.17. The summed E-state index contributed by atoms with van der Waals surface area (Å²) in [4.78, 5) is 16.4. The summed E-state index contributed by atoms with van der Waals surface area (Å²) in [7, 11) is 0. The van der Waals surface area contributed by atoms with Crippen LogP contribution in [0, 0.1) is 0 Å². The molecule has 0 aliphatic carbocycles. The van der Waals surface area contributed by atoms with Crippen molar-refractivity contribution in [2.45, 2.75) is 19.4 Å². The molecule has 3 N–H and O–H groups in total. The maximum atomic E-state index is 12.1. The van der Waals surface area contributed by atoms with E-state index in [1.54, 1.807) is 5.38 Å². The van der Waals surface area contributed by atoms with E-state index in [1.165, 1.54) is 11.3 Å². The Balaban J connectivity index is 0.00000220. The van der Waals surface area contributed by atoms with E-state index < -0.39 is 0 Å². The average Bonchev–Trinajstić information content (AvgIpc) is 2.88. The first-order valence-corrected chi connectivity index (χ1v) is 7.98. The fourth-order valence-electron chi connectivity index (χ4n) is 1.76. The van der Waals surface area contributed by atoms with Gasteiger partial charge in [-0.05, 0) is 31.2 Å². The molecule has 0 radical (unpaired) electrons. The number of carbonyl (C=O) groups excluding carboxylic acids is 1. The van der Waals surface area contributed by atoms with Crippen molar-refractivity contribution in [3.8, 4) is 0 Å². The maximum Gasteiger partial charge on any atom is 0.271 e. The Morgan fingerprint density at radius 3 is 2.71 bits per heavy atom. The van der Waals surface area contributed by atoms with Gasteiger partial charge < -0.3 is 11.1 Å². The van der Waals surface area contributed by atoms with Crippen molar-refractivity contribution in [2.75, 3.05) is 6.54 Å². The van der Waals surface area contributed by atoms with Crippen LogP contribution in [0.3, 0.4) is 0 Å². The summed E-state index contributed by atoms with van der Waals surface area (Å²) < 4.78 is 1.02. The van der Waals surface area contributed by atoms with Gasteiger partial charge in [-0.25, -0.2) is 4.98 Å². The van der Waals surface area contributed by atoms with Gasteiger partial charge in [0.05, 0.1) is 11.0 Å². The highest BCUT2D eigenvalue weighted by atomic mass is 79.9. The summed E-state index contributed by atoms with van der Waals surface area (Å²) in [6.45, 7) is 2.50. The van der Waals surface area contributed by atoms with Crippen LogP contribution in [-0.4, -0.2) is 17.4 Å². The van der Waals surface area contributed by atoms with Crippen molar-refractivity contribution in [1.82, 2.24) is 10.3 Å². The molecule has 1 atom stereocenters. The smallest absolute Gasteiger partial charge is 0.271 e. The molecule has 0 saturated carbocycles. The minimum absolute atomic E-state index is 0. The predicted molar refractivity (Wildman–Crippen MR) is 92.1 cm³/mol. The molecular formula is C14H17BrClN3OS. The fraction of sp³-hybridized carbons (Fsp3) is 0.286. The fourth-order valence-corrected chi connectivity index (χ4v) is 2.82. The van der Waals surface area contributed by atoms with Crippen molar-refractivity contribution >= 4 is 45.6 Å². The van der Waals surface area contributed by atoms with Gasteiger partial charge >= 0.3 is 0 Å². The lowest BCUT2D eigenvalue weighted by molar-refractivity contribution is 0.0935. The van der Waals surface area contributed by atoms with Crippen LogP contribution < -0.4 is 11.1 Å². The number of nitrogens with two attached hydrogens (primary N) is 1. The molecule has 0 bridgehead atoms. The minimum Gasteiger partial charge on any atom is -0.344 e. The van der Waals surface area contributed by atoms with E-state index in [0.29, 0.717) is 18.7 Å². The third-order valence-corrected chi connectivity index (χ3v) is 4.30. The number of thiazole rings is 1. The first-order chi connectivity index (χ1) is 9.60. The number of rotatable bonds is 5. The van der Waals surface area contributed by atoms with E-state index in [-0.39, 0.29) is 24.4 Å². The van der Waals surface area contributed by atoms with Crippen molar-refractivity contribution < 1.29 is 4.79 Å². The Bertz CT molecular complexity index is 588. The average molecular weight is 391 g/mol. The third-order valence-electron chi connectivity index (χ3n) is 2.86. The number of amides is 1. The second-order valence-corrected chi connectivity index (χ2v) is 6.27. The molecule has 7 heteroatoms. The normalized spacial score (nSPS) is 11.6. The molecule has 1 aromatic heterocycles. The van der Waals surface area contributed by atoms with Crippen LogP contribution in [0.4, 0.5) is 0 Å². The molecule has 1 aromatic carbocycles. The molecule has 1 amide bonds. The first kappa shape index (κ1) is 18.1. The Hall–Kier alpha value is -0.950. The molecule has 0 fully saturated rings. The van der Waals surface area contributed by atoms with Crippen LogP contribution in [0.5, 0.6) is 0 Å². The molecule has 0 saturated heterocycles. The second kappa shape index (κ2) is 8.48. The summed E-state index contributed by atoms with van der Waals surface area (Å²) in [6, 6.07) is 7.82. The zero-order valence-electron chi connectivity index (χ0n) is 11.5. The molecule has 0 aliphatic heterocycles. The van der Waals surface area contributed by atoms with Crippen LogP contribution in [0.2, 0.25) is 0 Å². The Morgan fingerprint density at radius 1 is 1.43 bits per heavy atom. The molecule has 0 spiro atoms. The van der Waals surface area contributed by atoms with Gasteiger partial charge in [0.25, 0.3) is 5.91 Å². The van der Waals surface area contributed by atoms with Gasteiger partial charge in [0.2, 0.25) is 0 Å². The van der Waals surface area contributed by atoms with Gasteiger partial charge in [-0.2, -0.15) is 0 Å². The van der Waals surface area contributed by atoms with Gasteiger partial charge in [0, 0.05) is 16.3 Å². The number of aromatic nitrogens is 1. The summed E-state index contributed by atoms with van der Waals surface area (Å²) >= 11 is 4.86. The molecule has 2 rings (SSSR count). The first-order valence-electron chi connectivity index (χ1n) is 6.31. The maximum absolute atomic E-state index is 12.1. The van der Waals surface area contributed by atoms with E-state index in [2.05, 4.69) is 26.2 Å². The highest BCUT2D eigenvalue weighted by Gasteiger charge is 2.14. The van der Waals surface area contributed by atoms with E-state index in [9.17, 15) is 4.79 Å². The van der Waals surface area contributed by atoms with Gasteiger partial charge in [0.15, 0.2) is 0 Å². The van der Waals surface area contributed by atoms with Crippen molar-refractivity contribution in [1.29, 1.82) is 0 Å². The monoisotopic (exact) mass is 389 g/mol. The molecule has 0 aliphatic rings. The van der Waals surface area contributed by atoms with Crippen LogP contribution >= 0.6 is 39.7 Å². The predicted octanol–water partition coefficient (Wildman–Crippen LogP) is 3.32. The Morgan fingerprint density at radius 2 is 2.10 bits per heavy atom. The summed E-state index contributed by atoms with van der Waals surface area (Å²) in [5.74, 6) is -0.153. The van der Waals surface area contributed by atoms with Gasteiger partial charge in [0.1, 0.15) is 5.69 Å². The molecule has 21 heavy (non-hydrogen) atoms. The minimum atomic E-state index is -0.153. The molecule has 4 nitrogen and oxygen atoms in total. The summed E-state index contributed by atoms with van der Waals surface area (Å²) in [6.07, 6.45) is 0.709. The SMILES string of the molecule is CC(NC(=O)c1csc(CCN)n1)c1ccc(Br)cc1.Cl. The van der Waals surface area contributed by atoms with E-state index in [1.807, 2.05) is 31.2 Å². The number of hydrogen-bond acceptors (Lipinski definition) is 4. The number of nitrogens with zero attached hydrogens (tertiary/aromatic N) is 1. The number of carbonyl (C=O) groups is 1. The zero-order chi connectivity index (χ0) is 14.5. The van der Waals surface area contributed by atoms with Crippen LogP contribution in [-0.2, 0) is 6.42 Å². The van der Waals surface area contributed by atoms with Crippen LogP contribution in [0.25, 0.3) is 0 Å². The lowest BCUT2D eigenvalue weighted by Crippen LogP contribution is -2.26. The number of benzene rings is 1. The van der Waals surface area contributed by atoms with Crippen molar-refractivity contribution in [2.24, 2.45) is 5.73 Å². The quantitative estimate of drug-likeness (QED) is 0.823. The van der Waals surface area contributed by atoms with Crippen molar-refractivity contribution in [3.63, 3.8) is 0 Å². The Labute approximate surface area is 142 Å². The molecule has 114 valence electrons. The lowest BCUT2D eigenvalue weighted by atomic mass is 10.1. The highest BCUT2D eigenvalue weighted by molar-refractivity contribution is 9.10. The number of halogens is 2. The molecular weight excluding hydrogens is 374 g/mol. The third kappa shape index (κ3) is 5.07. The summed E-state index contributed by atoms with van der Waals surface area (Å²) in [5, 5.41) is 5.62. The van der Waals surface area contributed by atoms with Gasteiger partial charge in [-0.1, -0.05) is 28.1 Å². The number of nitrogens with one attached hydrogen (secondary N) is 1. The standard InChI is InChI=1S/C14H16BrN3OS.ClH/c1-9(10-2-4-11(15)5-3-10)17-14(19)12-8-20-13(18-12)6-7-16;/h2-5,8-9H,6-7,16H2,1H3,(H,17,19);1H. The lowest BCUT2D eigenvalue weighted by Gasteiger charge is -2.13. The summed E-state index contributed by atoms with van der Waals surface area (Å²) in [5.41, 5.74) is 6.99. The number of hydrogen-bond donors (Lipinski definition) is 2. The van der Waals surface area contributed by atoms with Crippen LogP contribution in [0.15, 0.2) is 34.1 Å².